The monoisotopic (exact) mass is 224 g/mol. The molecule has 2 aliphatic rings. The van der Waals surface area contributed by atoms with Crippen LogP contribution in [-0.2, 0) is 0 Å². The molecule has 2 fully saturated rings. The Bertz CT molecular complexity index is 179. The summed E-state index contributed by atoms with van der Waals surface area (Å²) in [4.78, 5) is 2.72. The summed E-state index contributed by atoms with van der Waals surface area (Å²) < 4.78 is 0. The molecular formula is C14H28N2. The van der Waals surface area contributed by atoms with E-state index in [2.05, 4.69) is 4.90 Å². The third-order valence-corrected chi connectivity index (χ3v) is 4.55. The fraction of sp³-hybridized carbons (Fsp3) is 1.00. The highest BCUT2D eigenvalue weighted by Gasteiger charge is 2.28. The largest absolute Gasteiger partial charge is 0.329 e. The van der Waals surface area contributed by atoms with E-state index in [1.165, 1.54) is 70.9 Å². The average Bonchev–Trinajstić information content (AvgIpc) is 2.75. The Hall–Kier alpha value is -0.0800. The van der Waals surface area contributed by atoms with E-state index in [1.54, 1.807) is 0 Å². The van der Waals surface area contributed by atoms with Crippen molar-refractivity contribution < 1.29 is 0 Å². The van der Waals surface area contributed by atoms with Gasteiger partial charge in [-0.25, -0.2) is 0 Å². The zero-order valence-corrected chi connectivity index (χ0v) is 10.7. The normalized spacial score (nSPS) is 27.6. The summed E-state index contributed by atoms with van der Waals surface area (Å²) in [5.74, 6) is 0.907. The fourth-order valence-corrected chi connectivity index (χ4v) is 3.59. The molecule has 0 aromatic rings. The van der Waals surface area contributed by atoms with E-state index < -0.39 is 0 Å². The molecule has 1 aliphatic heterocycles. The first-order valence-corrected chi connectivity index (χ1v) is 7.36. The molecule has 1 aliphatic carbocycles. The molecule has 2 N–H and O–H groups in total. The van der Waals surface area contributed by atoms with Crippen molar-refractivity contribution in [1.29, 1.82) is 0 Å². The highest BCUT2D eigenvalue weighted by molar-refractivity contribution is 4.84. The van der Waals surface area contributed by atoms with Crippen LogP contribution < -0.4 is 5.73 Å². The molecule has 0 radical (unpaired) electrons. The van der Waals surface area contributed by atoms with E-state index in [1.807, 2.05) is 0 Å². The minimum absolute atomic E-state index is 0.695. The van der Waals surface area contributed by atoms with Gasteiger partial charge in [0.15, 0.2) is 0 Å². The van der Waals surface area contributed by atoms with Gasteiger partial charge in [-0.3, -0.25) is 4.90 Å². The van der Waals surface area contributed by atoms with Crippen molar-refractivity contribution >= 4 is 0 Å². The first-order chi connectivity index (χ1) is 7.92. The zero-order chi connectivity index (χ0) is 11.2. The maximum absolute atomic E-state index is 6.03. The third kappa shape index (κ3) is 3.21. The predicted octanol–water partition coefficient (Wildman–Crippen LogP) is 2.77. The molecule has 0 bridgehead atoms. The van der Waals surface area contributed by atoms with Crippen LogP contribution in [0.4, 0.5) is 0 Å². The summed E-state index contributed by atoms with van der Waals surface area (Å²) in [5.41, 5.74) is 6.03. The molecule has 2 heteroatoms. The van der Waals surface area contributed by atoms with Crippen molar-refractivity contribution in [2.75, 3.05) is 19.6 Å². The lowest BCUT2D eigenvalue weighted by atomic mass is 9.95. The summed E-state index contributed by atoms with van der Waals surface area (Å²) in [6, 6.07) is 0.695. The summed E-state index contributed by atoms with van der Waals surface area (Å²) in [6.45, 7) is 3.49. The predicted molar refractivity (Wildman–Crippen MR) is 69.5 cm³/mol. The topological polar surface area (TPSA) is 29.3 Å². The second kappa shape index (κ2) is 6.61. The molecule has 0 spiro atoms. The van der Waals surface area contributed by atoms with Crippen molar-refractivity contribution in [1.82, 2.24) is 4.90 Å². The molecule has 1 saturated carbocycles. The summed E-state index contributed by atoms with van der Waals surface area (Å²) in [5, 5.41) is 0. The van der Waals surface area contributed by atoms with Crippen molar-refractivity contribution in [3.05, 3.63) is 0 Å². The minimum Gasteiger partial charge on any atom is -0.329 e. The van der Waals surface area contributed by atoms with Crippen molar-refractivity contribution in [2.45, 2.75) is 63.8 Å². The van der Waals surface area contributed by atoms with Gasteiger partial charge in [0, 0.05) is 12.6 Å². The van der Waals surface area contributed by atoms with Gasteiger partial charge < -0.3 is 5.73 Å². The molecular weight excluding hydrogens is 196 g/mol. The first-order valence-electron chi connectivity index (χ1n) is 7.36. The summed E-state index contributed by atoms with van der Waals surface area (Å²) >= 11 is 0. The maximum atomic E-state index is 6.03. The molecule has 1 unspecified atom stereocenters. The van der Waals surface area contributed by atoms with Crippen LogP contribution in [0.3, 0.4) is 0 Å². The molecule has 94 valence electrons. The highest BCUT2D eigenvalue weighted by atomic mass is 15.2. The maximum Gasteiger partial charge on any atom is 0.0246 e. The number of hydrogen-bond donors (Lipinski definition) is 1. The fourth-order valence-electron chi connectivity index (χ4n) is 3.59. The second-order valence-corrected chi connectivity index (χ2v) is 5.65. The summed E-state index contributed by atoms with van der Waals surface area (Å²) in [6.07, 6.45) is 12.8. The standard InChI is InChI=1S/C14H28N2/c15-12-14(13-8-4-5-9-13)16-10-6-2-1-3-7-11-16/h13-14H,1-12,15H2. The second-order valence-electron chi connectivity index (χ2n) is 5.65. The van der Waals surface area contributed by atoms with Crippen LogP contribution >= 0.6 is 0 Å². The quantitative estimate of drug-likeness (QED) is 0.798. The zero-order valence-electron chi connectivity index (χ0n) is 10.7. The van der Waals surface area contributed by atoms with E-state index in [0.717, 1.165) is 12.5 Å². The van der Waals surface area contributed by atoms with Crippen LogP contribution in [0, 0.1) is 5.92 Å². The van der Waals surface area contributed by atoms with Crippen molar-refractivity contribution in [3.63, 3.8) is 0 Å². The van der Waals surface area contributed by atoms with E-state index in [0.29, 0.717) is 6.04 Å². The lowest BCUT2D eigenvalue weighted by molar-refractivity contribution is 0.135. The number of nitrogens with zero attached hydrogens (tertiary/aromatic N) is 1. The van der Waals surface area contributed by atoms with Gasteiger partial charge in [0.25, 0.3) is 0 Å². The van der Waals surface area contributed by atoms with Gasteiger partial charge in [0.1, 0.15) is 0 Å². The van der Waals surface area contributed by atoms with Crippen LogP contribution in [0.1, 0.15) is 57.8 Å². The van der Waals surface area contributed by atoms with Gasteiger partial charge in [-0.05, 0) is 44.7 Å². The summed E-state index contributed by atoms with van der Waals surface area (Å²) in [7, 11) is 0. The Morgan fingerprint density at radius 1 is 0.875 bits per heavy atom. The molecule has 16 heavy (non-hydrogen) atoms. The molecule has 2 rings (SSSR count). The lowest BCUT2D eigenvalue weighted by Gasteiger charge is -2.36. The number of hydrogen-bond acceptors (Lipinski definition) is 2. The van der Waals surface area contributed by atoms with Gasteiger partial charge in [0.2, 0.25) is 0 Å². The molecule has 0 amide bonds. The molecule has 2 nitrogen and oxygen atoms in total. The van der Waals surface area contributed by atoms with E-state index in [9.17, 15) is 0 Å². The molecule has 0 aromatic heterocycles. The van der Waals surface area contributed by atoms with Crippen LogP contribution in [-0.4, -0.2) is 30.6 Å². The number of nitrogens with two attached hydrogens (primary N) is 1. The van der Waals surface area contributed by atoms with E-state index >= 15 is 0 Å². The van der Waals surface area contributed by atoms with Crippen LogP contribution in [0.25, 0.3) is 0 Å². The SMILES string of the molecule is NCC(C1CCCC1)N1CCCCCCC1. The Labute approximate surface area is 101 Å². The van der Waals surface area contributed by atoms with Gasteiger partial charge >= 0.3 is 0 Å². The van der Waals surface area contributed by atoms with E-state index in [-0.39, 0.29) is 0 Å². The minimum atomic E-state index is 0.695. The van der Waals surface area contributed by atoms with E-state index in [4.69, 9.17) is 5.73 Å². The van der Waals surface area contributed by atoms with Crippen LogP contribution in [0.2, 0.25) is 0 Å². The number of likely N-dealkylation sites (tertiary alicyclic amines) is 1. The van der Waals surface area contributed by atoms with Crippen molar-refractivity contribution in [3.8, 4) is 0 Å². The van der Waals surface area contributed by atoms with Crippen molar-refractivity contribution in [2.24, 2.45) is 11.7 Å². The Kier molecular flexibility index (Phi) is 5.11. The average molecular weight is 224 g/mol. The molecule has 1 heterocycles. The van der Waals surface area contributed by atoms with Crippen LogP contribution in [0.15, 0.2) is 0 Å². The molecule has 0 aromatic carbocycles. The van der Waals surface area contributed by atoms with Gasteiger partial charge in [0.05, 0.1) is 0 Å². The lowest BCUT2D eigenvalue weighted by Crippen LogP contribution is -2.46. The highest BCUT2D eigenvalue weighted by Crippen LogP contribution is 2.30. The Morgan fingerprint density at radius 3 is 2.00 bits per heavy atom. The smallest absolute Gasteiger partial charge is 0.0246 e. The van der Waals surface area contributed by atoms with Crippen LogP contribution in [0.5, 0.6) is 0 Å². The Morgan fingerprint density at radius 2 is 1.44 bits per heavy atom. The third-order valence-electron chi connectivity index (χ3n) is 4.55. The Balaban J connectivity index is 1.89. The number of rotatable bonds is 3. The molecule has 1 saturated heterocycles. The van der Waals surface area contributed by atoms with Gasteiger partial charge in [-0.2, -0.15) is 0 Å². The van der Waals surface area contributed by atoms with Gasteiger partial charge in [-0.15, -0.1) is 0 Å². The first kappa shape index (κ1) is 12.4. The molecule has 1 atom stereocenters. The van der Waals surface area contributed by atoms with Gasteiger partial charge in [-0.1, -0.05) is 32.1 Å².